The Bertz CT molecular complexity index is 606. The highest BCUT2D eigenvalue weighted by molar-refractivity contribution is 5.83. The van der Waals surface area contributed by atoms with Crippen molar-refractivity contribution in [1.82, 2.24) is 4.98 Å². The van der Waals surface area contributed by atoms with Crippen LogP contribution in [0.5, 0.6) is 0 Å². The monoisotopic (exact) mass is 341 g/mol. The SMILES string of the molecule is CCOC(=O)C(F)(F)c1ccnc(F)c1C(F)(F)C(=O)OCC. The van der Waals surface area contributed by atoms with Crippen LogP contribution in [0, 0.1) is 5.95 Å². The molecule has 0 aliphatic carbocycles. The van der Waals surface area contributed by atoms with Crippen molar-refractivity contribution in [2.45, 2.75) is 25.7 Å². The maximum Gasteiger partial charge on any atom is 0.382 e. The van der Waals surface area contributed by atoms with Crippen molar-refractivity contribution in [2.75, 3.05) is 13.2 Å². The summed E-state index contributed by atoms with van der Waals surface area (Å²) in [4.78, 5) is 25.4. The van der Waals surface area contributed by atoms with Crippen LogP contribution in [0.3, 0.4) is 0 Å². The first-order chi connectivity index (χ1) is 10.6. The molecule has 0 spiro atoms. The molecular weight excluding hydrogens is 329 g/mol. The summed E-state index contributed by atoms with van der Waals surface area (Å²) in [5.74, 6) is -15.8. The summed E-state index contributed by atoms with van der Waals surface area (Å²) in [5.41, 5.74) is -3.75. The number of pyridine rings is 1. The Balaban J connectivity index is 3.51. The van der Waals surface area contributed by atoms with Gasteiger partial charge in [-0.2, -0.15) is 22.0 Å². The Hall–Kier alpha value is -2.26. The fourth-order valence-electron chi connectivity index (χ4n) is 1.65. The van der Waals surface area contributed by atoms with Crippen LogP contribution in [-0.2, 0) is 30.9 Å². The fraction of sp³-hybridized carbons (Fsp3) is 0.462. The second-order valence-corrected chi connectivity index (χ2v) is 4.11. The zero-order valence-corrected chi connectivity index (χ0v) is 12.0. The molecule has 128 valence electrons. The first-order valence-electron chi connectivity index (χ1n) is 6.36. The largest absolute Gasteiger partial charge is 0.461 e. The molecular formula is C13H12F5NO4. The van der Waals surface area contributed by atoms with Crippen molar-refractivity contribution in [3.05, 3.63) is 29.3 Å². The standard InChI is InChI=1S/C13H12F5NO4/c1-3-22-10(20)12(15,16)7-5-6-19-9(14)8(7)13(17,18)11(21)23-4-2/h5-6H,3-4H2,1-2H3. The van der Waals surface area contributed by atoms with Gasteiger partial charge in [-0.25, -0.2) is 14.6 Å². The van der Waals surface area contributed by atoms with E-state index in [4.69, 9.17) is 0 Å². The second-order valence-electron chi connectivity index (χ2n) is 4.11. The van der Waals surface area contributed by atoms with E-state index < -0.39 is 54.1 Å². The lowest BCUT2D eigenvalue weighted by Gasteiger charge is -2.22. The zero-order chi connectivity index (χ0) is 17.8. The number of aromatic nitrogens is 1. The zero-order valence-electron chi connectivity index (χ0n) is 12.0. The third kappa shape index (κ3) is 3.57. The lowest BCUT2D eigenvalue weighted by molar-refractivity contribution is -0.178. The van der Waals surface area contributed by atoms with Crippen LogP contribution >= 0.6 is 0 Å². The molecule has 0 unspecified atom stereocenters. The molecule has 1 aromatic heterocycles. The van der Waals surface area contributed by atoms with Gasteiger partial charge in [-0.3, -0.25) is 0 Å². The first kappa shape index (κ1) is 18.8. The van der Waals surface area contributed by atoms with Crippen molar-refractivity contribution in [3.63, 3.8) is 0 Å². The van der Waals surface area contributed by atoms with E-state index in [1.54, 1.807) is 0 Å². The Morgan fingerprint density at radius 2 is 1.52 bits per heavy atom. The minimum Gasteiger partial charge on any atom is -0.461 e. The molecule has 0 saturated carbocycles. The van der Waals surface area contributed by atoms with E-state index in [0.717, 1.165) is 0 Å². The van der Waals surface area contributed by atoms with Crippen LogP contribution in [0.4, 0.5) is 22.0 Å². The van der Waals surface area contributed by atoms with Crippen molar-refractivity contribution in [2.24, 2.45) is 0 Å². The van der Waals surface area contributed by atoms with E-state index in [1.807, 2.05) is 0 Å². The Kier molecular flexibility index (Phi) is 5.62. The van der Waals surface area contributed by atoms with Gasteiger partial charge in [0.25, 0.3) is 0 Å². The quantitative estimate of drug-likeness (QED) is 0.452. The van der Waals surface area contributed by atoms with Gasteiger partial charge >= 0.3 is 23.8 Å². The second kappa shape index (κ2) is 6.88. The minimum atomic E-state index is -4.76. The van der Waals surface area contributed by atoms with E-state index in [9.17, 15) is 31.5 Å². The van der Waals surface area contributed by atoms with Gasteiger partial charge in [-0.05, 0) is 19.9 Å². The molecule has 5 nitrogen and oxygen atoms in total. The lowest BCUT2D eigenvalue weighted by atomic mass is 9.98. The molecule has 1 rings (SSSR count). The summed E-state index contributed by atoms with van der Waals surface area (Å²) in [5, 5.41) is 0. The number of alkyl halides is 4. The molecule has 0 radical (unpaired) electrons. The number of halogens is 5. The van der Waals surface area contributed by atoms with E-state index in [1.165, 1.54) is 13.8 Å². The highest BCUT2D eigenvalue weighted by atomic mass is 19.3. The summed E-state index contributed by atoms with van der Waals surface area (Å²) in [7, 11) is 0. The molecule has 0 aliphatic rings. The average molecular weight is 341 g/mol. The van der Waals surface area contributed by atoms with E-state index in [0.29, 0.717) is 12.3 Å². The highest BCUT2D eigenvalue weighted by Gasteiger charge is 2.54. The smallest absolute Gasteiger partial charge is 0.382 e. The summed E-state index contributed by atoms with van der Waals surface area (Å²) in [6.45, 7) is 1.47. The van der Waals surface area contributed by atoms with Gasteiger partial charge in [0.2, 0.25) is 5.95 Å². The molecule has 10 heteroatoms. The van der Waals surface area contributed by atoms with E-state index in [2.05, 4.69) is 14.5 Å². The third-order valence-corrected chi connectivity index (χ3v) is 2.62. The van der Waals surface area contributed by atoms with Crippen LogP contribution in [0.2, 0.25) is 0 Å². The topological polar surface area (TPSA) is 65.5 Å². The number of hydrogen-bond acceptors (Lipinski definition) is 5. The summed E-state index contributed by atoms with van der Waals surface area (Å²) in [6.07, 6.45) is 0.461. The first-order valence-corrected chi connectivity index (χ1v) is 6.36. The number of esters is 2. The van der Waals surface area contributed by atoms with Crippen LogP contribution < -0.4 is 0 Å². The number of ether oxygens (including phenoxy) is 2. The molecule has 0 aliphatic heterocycles. The number of rotatable bonds is 6. The van der Waals surface area contributed by atoms with Gasteiger partial charge in [0.05, 0.1) is 18.8 Å². The van der Waals surface area contributed by atoms with Gasteiger partial charge in [-0.1, -0.05) is 0 Å². The molecule has 0 saturated heterocycles. The van der Waals surface area contributed by atoms with E-state index >= 15 is 0 Å². The van der Waals surface area contributed by atoms with Crippen LogP contribution in [0.1, 0.15) is 25.0 Å². The fourth-order valence-corrected chi connectivity index (χ4v) is 1.65. The van der Waals surface area contributed by atoms with Crippen LogP contribution in [-0.4, -0.2) is 30.1 Å². The summed E-state index contributed by atoms with van der Waals surface area (Å²) in [6, 6.07) is 0.308. The van der Waals surface area contributed by atoms with Gasteiger partial charge in [0, 0.05) is 11.8 Å². The van der Waals surface area contributed by atoms with Gasteiger partial charge in [-0.15, -0.1) is 0 Å². The summed E-state index contributed by atoms with van der Waals surface area (Å²) < 4.78 is 77.8. The summed E-state index contributed by atoms with van der Waals surface area (Å²) >= 11 is 0. The maximum atomic E-state index is 14.0. The predicted octanol–water partition coefficient (Wildman–Crippen LogP) is 2.53. The highest BCUT2D eigenvalue weighted by Crippen LogP contribution is 2.40. The Morgan fingerprint density at radius 3 is 2.00 bits per heavy atom. The third-order valence-electron chi connectivity index (χ3n) is 2.62. The average Bonchev–Trinajstić information content (AvgIpc) is 2.47. The number of carbonyl (C=O) groups is 2. The Morgan fingerprint density at radius 1 is 1.04 bits per heavy atom. The van der Waals surface area contributed by atoms with Crippen molar-refractivity contribution in [3.8, 4) is 0 Å². The molecule has 0 amide bonds. The molecule has 0 bridgehead atoms. The number of carbonyl (C=O) groups excluding carboxylic acids is 2. The normalized spacial score (nSPS) is 12.0. The number of hydrogen-bond donors (Lipinski definition) is 0. The van der Waals surface area contributed by atoms with Gasteiger partial charge < -0.3 is 9.47 Å². The predicted molar refractivity (Wildman–Crippen MR) is 65.2 cm³/mol. The molecule has 0 fully saturated rings. The van der Waals surface area contributed by atoms with Crippen molar-refractivity contribution >= 4 is 11.9 Å². The van der Waals surface area contributed by atoms with Gasteiger partial charge in [0.15, 0.2) is 0 Å². The molecule has 0 aromatic carbocycles. The molecule has 1 aromatic rings. The molecule has 1 heterocycles. The van der Waals surface area contributed by atoms with E-state index in [-0.39, 0.29) is 0 Å². The molecule has 0 N–H and O–H groups in total. The van der Waals surface area contributed by atoms with Crippen molar-refractivity contribution < 1.29 is 41.0 Å². The van der Waals surface area contributed by atoms with Crippen LogP contribution in [0.15, 0.2) is 12.3 Å². The number of nitrogens with zero attached hydrogens (tertiary/aromatic N) is 1. The minimum absolute atomic E-state index is 0.308. The molecule has 0 atom stereocenters. The Labute approximate surface area is 127 Å². The van der Waals surface area contributed by atoms with Gasteiger partial charge in [0.1, 0.15) is 0 Å². The molecule has 23 heavy (non-hydrogen) atoms. The maximum absolute atomic E-state index is 14.0. The van der Waals surface area contributed by atoms with Crippen molar-refractivity contribution in [1.29, 1.82) is 0 Å². The van der Waals surface area contributed by atoms with Crippen LogP contribution in [0.25, 0.3) is 0 Å². The lowest BCUT2D eigenvalue weighted by Crippen LogP contribution is -2.36.